The summed E-state index contributed by atoms with van der Waals surface area (Å²) >= 11 is 0. The van der Waals surface area contributed by atoms with Crippen molar-refractivity contribution in [1.29, 1.82) is 0 Å². The lowest BCUT2D eigenvalue weighted by atomic mass is 9.98. The lowest BCUT2D eigenvalue weighted by Gasteiger charge is -2.42. The first-order valence-corrected chi connectivity index (χ1v) is 23.9. The van der Waals surface area contributed by atoms with Crippen molar-refractivity contribution in [3.05, 3.63) is 24.3 Å². The van der Waals surface area contributed by atoms with E-state index in [1.54, 1.807) is 0 Å². The molecule has 362 valence electrons. The van der Waals surface area contributed by atoms with Crippen LogP contribution >= 0.6 is 0 Å². The second-order valence-corrected chi connectivity index (χ2v) is 16.9. The molecule has 2 saturated heterocycles. The summed E-state index contributed by atoms with van der Waals surface area (Å²) in [5.74, 6) is -0.954. The van der Waals surface area contributed by atoms with Gasteiger partial charge < -0.3 is 64.2 Å². The van der Waals surface area contributed by atoms with Crippen molar-refractivity contribution in [2.45, 2.75) is 235 Å². The van der Waals surface area contributed by atoms with Crippen LogP contribution in [0, 0.1) is 0 Å². The molecule has 0 radical (unpaired) electrons. The highest BCUT2D eigenvalue weighted by atomic mass is 16.7. The Balaban J connectivity index is 1.85. The highest BCUT2D eigenvalue weighted by Crippen LogP contribution is 2.26. The third-order valence-corrected chi connectivity index (χ3v) is 11.4. The minimum Gasteiger partial charge on any atom is -0.462 e. The van der Waals surface area contributed by atoms with Crippen molar-refractivity contribution in [3.8, 4) is 0 Å². The van der Waals surface area contributed by atoms with Crippen LogP contribution < -0.4 is 0 Å². The highest BCUT2D eigenvalue weighted by Gasteiger charge is 2.47. The molecule has 11 atom stereocenters. The van der Waals surface area contributed by atoms with E-state index in [0.717, 1.165) is 64.2 Å². The topological polar surface area (TPSA) is 231 Å². The van der Waals surface area contributed by atoms with E-state index in [2.05, 4.69) is 38.2 Å². The van der Waals surface area contributed by atoms with Gasteiger partial charge in [-0.05, 0) is 57.8 Å². The minimum absolute atomic E-state index is 0.145. The summed E-state index contributed by atoms with van der Waals surface area (Å²) in [5, 5.41) is 71.9. The molecule has 0 aliphatic carbocycles. The van der Waals surface area contributed by atoms with Gasteiger partial charge in [0.05, 0.1) is 19.8 Å². The number of hydrogen-bond donors (Lipinski definition) is 7. The Labute approximate surface area is 371 Å². The normalized spacial score (nSPS) is 27.2. The molecule has 0 spiro atoms. The summed E-state index contributed by atoms with van der Waals surface area (Å²) in [5.41, 5.74) is 0. The van der Waals surface area contributed by atoms with Crippen molar-refractivity contribution in [2.75, 3.05) is 26.4 Å². The molecular formula is C47H84O15. The van der Waals surface area contributed by atoms with Crippen molar-refractivity contribution >= 4 is 11.9 Å². The second kappa shape index (κ2) is 35.3. The molecule has 7 N–H and O–H groups in total. The number of allylic oxidation sites excluding steroid dienone is 4. The summed E-state index contributed by atoms with van der Waals surface area (Å²) in [6.45, 7) is 2.51. The van der Waals surface area contributed by atoms with E-state index >= 15 is 0 Å². The third-order valence-electron chi connectivity index (χ3n) is 11.4. The molecule has 15 heteroatoms. The minimum atomic E-state index is -1.77. The molecule has 0 bridgehead atoms. The first kappa shape index (κ1) is 56.1. The monoisotopic (exact) mass is 889 g/mol. The molecule has 0 aromatic carbocycles. The van der Waals surface area contributed by atoms with Crippen LogP contribution in [0.1, 0.15) is 168 Å². The van der Waals surface area contributed by atoms with Gasteiger partial charge in [-0.25, -0.2) is 0 Å². The van der Waals surface area contributed by atoms with Crippen LogP contribution in [0.25, 0.3) is 0 Å². The number of ether oxygens (including phenoxy) is 6. The van der Waals surface area contributed by atoms with Gasteiger partial charge >= 0.3 is 11.9 Å². The first-order chi connectivity index (χ1) is 30.0. The number of aliphatic hydroxyl groups is 7. The van der Waals surface area contributed by atoms with Crippen LogP contribution in [0.15, 0.2) is 24.3 Å². The van der Waals surface area contributed by atoms with E-state index in [9.17, 15) is 45.3 Å². The summed E-state index contributed by atoms with van der Waals surface area (Å²) in [6.07, 6.45) is 16.5. The molecule has 0 amide bonds. The summed E-state index contributed by atoms with van der Waals surface area (Å²) in [7, 11) is 0. The van der Waals surface area contributed by atoms with Crippen molar-refractivity contribution < 1.29 is 73.8 Å². The van der Waals surface area contributed by atoms with Crippen LogP contribution in [0.4, 0.5) is 0 Å². The lowest BCUT2D eigenvalue weighted by molar-refractivity contribution is -0.332. The molecule has 2 rings (SSSR count). The molecule has 0 aromatic heterocycles. The van der Waals surface area contributed by atoms with Crippen molar-refractivity contribution in [2.24, 2.45) is 0 Å². The maximum atomic E-state index is 12.9. The Morgan fingerprint density at radius 1 is 0.500 bits per heavy atom. The molecule has 2 heterocycles. The highest BCUT2D eigenvalue weighted by molar-refractivity contribution is 5.70. The average Bonchev–Trinajstić information content (AvgIpc) is 3.26. The van der Waals surface area contributed by atoms with Gasteiger partial charge in [-0.15, -0.1) is 0 Å². The molecule has 0 saturated carbocycles. The fourth-order valence-corrected chi connectivity index (χ4v) is 7.37. The van der Waals surface area contributed by atoms with Crippen LogP contribution in [-0.4, -0.2) is 142 Å². The third kappa shape index (κ3) is 23.8. The molecule has 4 unspecified atom stereocenters. The van der Waals surface area contributed by atoms with Gasteiger partial charge in [0.1, 0.15) is 55.4 Å². The number of carbonyl (C=O) groups is 2. The van der Waals surface area contributed by atoms with Crippen LogP contribution in [-0.2, 0) is 38.0 Å². The number of rotatable bonds is 36. The van der Waals surface area contributed by atoms with E-state index in [1.165, 1.54) is 64.2 Å². The molecule has 62 heavy (non-hydrogen) atoms. The van der Waals surface area contributed by atoms with Gasteiger partial charge in [0.25, 0.3) is 0 Å². The first-order valence-electron chi connectivity index (χ1n) is 23.9. The Morgan fingerprint density at radius 2 is 0.935 bits per heavy atom. The Bertz CT molecular complexity index is 1180. The number of esters is 2. The summed E-state index contributed by atoms with van der Waals surface area (Å²) in [6, 6.07) is 0. The maximum Gasteiger partial charge on any atom is 0.306 e. The van der Waals surface area contributed by atoms with Gasteiger partial charge in [0, 0.05) is 12.8 Å². The standard InChI is InChI=1S/C47H84O15/c1-3-5-7-9-11-13-15-16-17-18-20-22-24-26-28-30-39(50)60-35(32-57-38(49)29-27-25-23-21-19-14-12-10-8-6-4-2)33-58-46-45(56)43(54)41(52)37(62-46)34-59-47-44(55)42(53)40(51)36(31-48)61-47/h10,12,18,20,35-37,40-48,51-56H,3-9,11,13-17,19,21-34H2,1-2H3/b12-10+,20-18+/t35-,36-,37-,40+,41+,42?,43?,44?,45?,46-,47-/m1/s1. The predicted octanol–water partition coefficient (Wildman–Crippen LogP) is 5.60. The van der Waals surface area contributed by atoms with E-state index in [0.29, 0.717) is 12.8 Å². The summed E-state index contributed by atoms with van der Waals surface area (Å²) < 4.78 is 33.4. The zero-order valence-electron chi connectivity index (χ0n) is 37.9. The molecule has 2 aliphatic heterocycles. The zero-order chi connectivity index (χ0) is 45.4. The average molecular weight is 889 g/mol. The van der Waals surface area contributed by atoms with E-state index < -0.39 is 92.7 Å². The second-order valence-electron chi connectivity index (χ2n) is 16.9. The zero-order valence-corrected chi connectivity index (χ0v) is 37.9. The smallest absolute Gasteiger partial charge is 0.306 e. The van der Waals surface area contributed by atoms with Crippen molar-refractivity contribution in [3.63, 3.8) is 0 Å². The van der Waals surface area contributed by atoms with Gasteiger partial charge in [-0.2, -0.15) is 0 Å². The van der Waals surface area contributed by atoms with Crippen molar-refractivity contribution in [1.82, 2.24) is 0 Å². The van der Waals surface area contributed by atoms with Crippen LogP contribution in [0.5, 0.6) is 0 Å². The molecule has 2 fully saturated rings. The number of aliphatic hydroxyl groups excluding tert-OH is 7. The lowest BCUT2D eigenvalue weighted by Crippen LogP contribution is -2.61. The number of unbranched alkanes of at least 4 members (excludes halogenated alkanes) is 18. The van der Waals surface area contributed by atoms with Gasteiger partial charge in [0.15, 0.2) is 18.7 Å². The maximum absolute atomic E-state index is 12.9. The van der Waals surface area contributed by atoms with E-state index in [-0.39, 0.29) is 26.1 Å². The molecule has 0 aromatic rings. The van der Waals surface area contributed by atoms with Gasteiger partial charge in [-0.3, -0.25) is 9.59 Å². The summed E-state index contributed by atoms with van der Waals surface area (Å²) in [4.78, 5) is 25.6. The Hall–Kier alpha value is -2.02. The van der Waals surface area contributed by atoms with Crippen LogP contribution in [0.3, 0.4) is 0 Å². The van der Waals surface area contributed by atoms with E-state index in [1.807, 2.05) is 0 Å². The SMILES string of the molecule is CCCC/C=C/CCCCCCCC(=O)OC[C@H](CO[C@@H]1O[C@H](CO[C@@H]2O[C@H](CO)[C@H](O)C(O)C2O)[C@H](O)C(O)C1O)OC(=O)CCCCC/C=C/CCCCCCCCCC. The molecule has 2 aliphatic rings. The fraction of sp³-hybridized carbons (Fsp3) is 0.872. The number of carbonyl (C=O) groups excluding carboxylic acids is 2. The Kier molecular flexibility index (Phi) is 31.9. The molecular weight excluding hydrogens is 805 g/mol. The van der Waals surface area contributed by atoms with E-state index in [4.69, 9.17) is 28.4 Å². The quantitative estimate of drug-likeness (QED) is 0.0231. The number of hydrogen-bond acceptors (Lipinski definition) is 15. The fourth-order valence-electron chi connectivity index (χ4n) is 7.37. The van der Waals surface area contributed by atoms with Gasteiger partial charge in [-0.1, -0.05) is 122 Å². The molecule has 15 nitrogen and oxygen atoms in total. The van der Waals surface area contributed by atoms with Crippen LogP contribution in [0.2, 0.25) is 0 Å². The predicted molar refractivity (Wildman–Crippen MR) is 234 cm³/mol. The Morgan fingerprint density at radius 3 is 1.48 bits per heavy atom. The van der Waals surface area contributed by atoms with Gasteiger partial charge in [0.2, 0.25) is 0 Å². The largest absolute Gasteiger partial charge is 0.462 e.